The highest BCUT2D eigenvalue weighted by Crippen LogP contribution is 2.19. The minimum absolute atomic E-state index is 0.293. The Morgan fingerprint density at radius 1 is 0.920 bits per heavy atom. The van der Waals surface area contributed by atoms with Crippen LogP contribution >= 0.6 is 0 Å². The van der Waals surface area contributed by atoms with Crippen LogP contribution in [0.25, 0.3) is 21.7 Å². The molecule has 0 aliphatic carbocycles. The molecule has 4 aromatic rings. The van der Waals surface area contributed by atoms with Crippen molar-refractivity contribution in [3.8, 4) is 0 Å². The second-order valence-corrected chi connectivity index (χ2v) is 5.50. The van der Waals surface area contributed by atoms with Gasteiger partial charge in [0.15, 0.2) is 6.73 Å². The molecule has 0 unspecified atom stereocenters. The summed E-state index contributed by atoms with van der Waals surface area (Å²) in [6.07, 6.45) is 0. The number of carbonyl (C=O) groups excluding carboxylic acids is 1. The van der Waals surface area contributed by atoms with Crippen LogP contribution in [0.4, 0.5) is 0 Å². The summed E-state index contributed by atoms with van der Waals surface area (Å²) >= 11 is 0. The second-order valence-electron chi connectivity index (χ2n) is 5.50. The Labute approximate surface area is 142 Å². The molecule has 6 heteroatoms. The van der Waals surface area contributed by atoms with Crippen molar-refractivity contribution in [2.24, 2.45) is 0 Å². The molecule has 4 rings (SSSR count). The van der Waals surface area contributed by atoms with E-state index in [9.17, 15) is 9.59 Å². The van der Waals surface area contributed by atoms with Gasteiger partial charge in [0.1, 0.15) is 5.52 Å². The smallest absolute Gasteiger partial charge is 0.340 e. The number of aromatic nitrogens is 3. The minimum atomic E-state index is -0.515. The molecule has 0 aliphatic heterocycles. The fourth-order valence-corrected chi connectivity index (χ4v) is 2.71. The maximum Gasteiger partial charge on any atom is 0.340 e. The Hall–Kier alpha value is -3.54. The quantitative estimate of drug-likeness (QED) is 0.540. The van der Waals surface area contributed by atoms with E-state index in [0.29, 0.717) is 16.5 Å². The number of nitrogens with zero attached hydrogens (tertiary/aromatic N) is 3. The van der Waals surface area contributed by atoms with Crippen molar-refractivity contribution in [3.63, 3.8) is 0 Å². The lowest BCUT2D eigenvalue weighted by Gasteiger charge is -2.08. The molecule has 0 radical (unpaired) electrons. The molecule has 25 heavy (non-hydrogen) atoms. The van der Waals surface area contributed by atoms with Crippen LogP contribution in [0.3, 0.4) is 0 Å². The molecular formula is C19H13N3O3. The third-order valence-electron chi connectivity index (χ3n) is 3.96. The van der Waals surface area contributed by atoms with Crippen LogP contribution in [0.15, 0.2) is 71.5 Å². The molecule has 0 amide bonds. The Morgan fingerprint density at radius 3 is 2.52 bits per heavy atom. The highest BCUT2D eigenvalue weighted by atomic mass is 16.5. The van der Waals surface area contributed by atoms with Crippen molar-refractivity contribution in [1.29, 1.82) is 0 Å². The van der Waals surface area contributed by atoms with Gasteiger partial charge in [0.2, 0.25) is 0 Å². The topological polar surface area (TPSA) is 74.1 Å². The van der Waals surface area contributed by atoms with Crippen LogP contribution < -0.4 is 5.56 Å². The Bertz CT molecular complexity index is 1150. The fraction of sp³-hybridized carbons (Fsp3) is 0.0526. The van der Waals surface area contributed by atoms with Gasteiger partial charge in [-0.05, 0) is 29.0 Å². The molecule has 0 N–H and O–H groups in total. The van der Waals surface area contributed by atoms with Crippen molar-refractivity contribution < 1.29 is 9.53 Å². The number of benzene rings is 3. The van der Waals surface area contributed by atoms with Crippen molar-refractivity contribution in [2.75, 3.05) is 0 Å². The SMILES string of the molecule is O=C(OCn1nnc2ccccc2c1=O)c1cccc2ccccc12. The first kappa shape index (κ1) is 15.0. The standard InChI is InChI=1S/C19H13N3O3/c23-18-16-9-3-4-11-17(16)20-21-22(18)12-25-19(24)15-10-5-7-13-6-1-2-8-14(13)15/h1-11H,12H2. The van der Waals surface area contributed by atoms with E-state index in [1.165, 1.54) is 0 Å². The summed E-state index contributed by atoms with van der Waals surface area (Å²) in [5, 5.41) is 9.95. The highest BCUT2D eigenvalue weighted by molar-refractivity contribution is 6.04. The average Bonchev–Trinajstić information content (AvgIpc) is 2.67. The van der Waals surface area contributed by atoms with Crippen LogP contribution in [0.5, 0.6) is 0 Å². The molecule has 6 nitrogen and oxygen atoms in total. The average molecular weight is 331 g/mol. The van der Waals surface area contributed by atoms with Crippen LogP contribution in [0.1, 0.15) is 10.4 Å². The number of hydrogen-bond acceptors (Lipinski definition) is 5. The number of fused-ring (bicyclic) bond motifs is 2. The monoisotopic (exact) mass is 331 g/mol. The molecule has 0 bridgehead atoms. The number of rotatable bonds is 3. The molecule has 3 aromatic carbocycles. The van der Waals surface area contributed by atoms with Gasteiger partial charge >= 0.3 is 5.97 Å². The number of hydrogen-bond donors (Lipinski definition) is 0. The molecule has 122 valence electrons. The van der Waals surface area contributed by atoms with Crippen LogP contribution in [0.2, 0.25) is 0 Å². The van der Waals surface area contributed by atoms with Crippen molar-refractivity contribution in [1.82, 2.24) is 15.0 Å². The number of carbonyl (C=O) groups is 1. The summed E-state index contributed by atoms with van der Waals surface area (Å²) in [6, 6.07) is 19.8. The van der Waals surface area contributed by atoms with E-state index >= 15 is 0 Å². The largest absolute Gasteiger partial charge is 0.439 e. The van der Waals surface area contributed by atoms with Gasteiger partial charge in [-0.3, -0.25) is 4.79 Å². The second kappa shape index (κ2) is 6.16. The lowest BCUT2D eigenvalue weighted by atomic mass is 10.1. The Balaban J connectivity index is 1.62. The lowest BCUT2D eigenvalue weighted by molar-refractivity contribution is 0.0338. The summed E-state index contributed by atoms with van der Waals surface area (Å²) in [7, 11) is 0. The van der Waals surface area contributed by atoms with Gasteiger partial charge in [0.25, 0.3) is 5.56 Å². The molecule has 0 spiro atoms. The third-order valence-corrected chi connectivity index (χ3v) is 3.96. The molecule has 0 atom stereocenters. The lowest BCUT2D eigenvalue weighted by Crippen LogP contribution is -2.26. The predicted octanol–water partition coefficient (Wildman–Crippen LogP) is 2.76. The molecular weight excluding hydrogens is 318 g/mol. The van der Waals surface area contributed by atoms with E-state index in [4.69, 9.17) is 4.74 Å². The van der Waals surface area contributed by atoms with E-state index < -0.39 is 5.97 Å². The summed E-state index contributed by atoms with van der Waals surface area (Å²) in [5.41, 5.74) is 0.598. The van der Waals surface area contributed by atoms with Gasteiger partial charge < -0.3 is 4.74 Å². The van der Waals surface area contributed by atoms with Crippen LogP contribution in [-0.2, 0) is 11.5 Å². The third kappa shape index (κ3) is 2.74. The van der Waals surface area contributed by atoms with Crippen molar-refractivity contribution >= 4 is 27.6 Å². The molecule has 1 aromatic heterocycles. The Kier molecular flexibility index (Phi) is 3.70. The van der Waals surface area contributed by atoms with E-state index in [-0.39, 0.29) is 12.3 Å². The van der Waals surface area contributed by atoms with Gasteiger partial charge in [0.05, 0.1) is 10.9 Å². The zero-order valence-corrected chi connectivity index (χ0v) is 13.1. The normalized spacial score (nSPS) is 10.9. The molecule has 0 saturated carbocycles. The number of esters is 1. The first-order valence-electron chi connectivity index (χ1n) is 7.71. The first-order chi connectivity index (χ1) is 12.2. The molecule has 1 heterocycles. The summed E-state index contributed by atoms with van der Waals surface area (Å²) in [6.45, 7) is -0.293. The Morgan fingerprint density at radius 2 is 1.64 bits per heavy atom. The van der Waals surface area contributed by atoms with E-state index in [0.717, 1.165) is 15.5 Å². The zero-order valence-electron chi connectivity index (χ0n) is 13.1. The maximum atomic E-state index is 12.4. The van der Waals surface area contributed by atoms with E-state index in [2.05, 4.69) is 10.3 Å². The molecule has 0 aliphatic rings. The first-order valence-corrected chi connectivity index (χ1v) is 7.71. The van der Waals surface area contributed by atoms with E-state index in [1.54, 1.807) is 36.4 Å². The van der Waals surface area contributed by atoms with E-state index in [1.807, 2.05) is 30.3 Å². The summed E-state index contributed by atoms with van der Waals surface area (Å²) < 4.78 is 6.31. The molecule has 0 fully saturated rings. The maximum absolute atomic E-state index is 12.4. The van der Waals surface area contributed by atoms with Crippen LogP contribution in [-0.4, -0.2) is 21.0 Å². The van der Waals surface area contributed by atoms with Crippen molar-refractivity contribution in [3.05, 3.63) is 82.6 Å². The number of ether oxygens (including phenoxy) is 1. The van der Waals surface area contributed by atoms with Crippen molar-refractivity contribution in [2.45, 2.75) is 6.73 Å². The summed E-state index contributed by atoms with van der Waals surface area (Å²) in [4.78, 5) is 24.8. The van der Waals surface area contributed by atoms with Gasteiger partial charge in [-0.1, -0.05) is 53.7 Å². The summed E-state index contributed by atoms with van der Waals surface area (Å²) in [5.74, 6) is -0.515. The highest BCUT2D eigenvalue weighted by Gasteiger charge is 2.12. The van der Waals surface area contributed by atoms with Crippen LogP contribution in [0, 0.1) is 0 Å². The fourth-order valence-electron chi connectivity index (χ4n) is 2.71. The van der Waals surface area contributed by atoms with Gasteiger partial charge in [-0.2, -0.15) is 4.68 Å². The van der Waals surface area contributed by atoms with Gasteiger partial charge in [-0.25, -0.2) is 4.79 Å². The van der Waals surface area contributed by atoms with Gasteiger partial charge in [0, 0.05) is 0 Å². The zero-order chi connectivity index (χ0) is 17.2. The molecule has 0 saturated heterocycles. The van der Waals surface area contributed by atoms with Gasteiger partial charge in [-0.15, -0.1) is 5.10 Å². The predicted molar refractivity (Wildman–Crippen MR) is 93.2 cm³/mol. The minimum Gasteiger partial charge on any atom is -0.439 e.